The molecular weight excluding hydrogens is 268 g/mol. The lowest BCUT2D eigenvalue weighted by molar-refractivity contribution is 0.0588. The number of benzene rings is 1. The van der Waals surface area contributed by atoms with Gasteiger partial charge in [0.05, 0.1) is 23.8 Å². The van der Waals surface area contributed by atoms with Crippen molar-refractivity contribution in [3.8, 4) is 0 Å². The van der Waals surface area contributed by atoms with E-state index in [2.05, 4.69) is 10.3 Å². The van der Waals surface area contributed by atoms with Crippen molar-refractivity contribution in [3.05, 3.63) is 35.0 Å². The first kappa shape index (κ1) is 15.5. The molecule has 0 aliphatic carbocycles. The monoisotopic (exact) mass is 290 g/mol. The van der Waals surface area contributed by atoms with Gasteiger partial charge in [0.2, 0.25) is 0 Å². The van der Waals surface area contributed by atoms with Crippen molar-refractivity contribution in [2.24, 2.45) is 0 Å². The van der Waals surface area contributed by atoms with Gasteiger partial charge in [-0.1, -0.05) is 12.1 Å². The summed E-state index contributed by atoms with van der Waals surface area (Å²) in [5, 5.41) is 13.5. The van der Waals surface area contributed by atoms with Crippen LogP contribution in [0.25, 0.3) is 10.9 Å². The third kappa shape index (κ3) is 3.43. The Labute approximate surface area is 124 Å². The van der Waals surface area contributed by atoms with Crippen LogP contribution in [0.4, 0.5) is 0 Å². The number of fused-ring (bicyclic) bond motifs is 1. The van der Waals surface area contributed by atoms with Crippen LogP contribution in [-0.2, 0) is 4.74 Å². The van der Waals surface area contributed by atoms with Crippen LogP contribution >= 0.6 is 0 Å². The number of aliphatic hydroxyl groups is 1. The molecule has 0 aliphatic rings. The zero-order valence-corrected chi connectivity index (χ0v) is 12.7. The van der Waals surface area contributed by atoms with Crippen molar-refractivity contribution in [3.63, 3.8) is 0 Å². The average molecular weight is 290 g/mol. The van der Waals surface area contributed by atoms with E-state index in [0.717, 1.165) is 22.2 Å². The number of H-pyrrole nitrogens is 1. The molecule has 0 fully saturated rings. The quantitative estimate of drug-likeness (QED) is 0.761. The van der Waals surface area contributed by atoms with Gasteiger partial charge in [-0.05, 0) is 31.9 Å². The van der Waals surface area contributed by atoms with E-state index in [1.807, 2.05) is 26.0 Å². The molecule has 1 amide bonds. The third-order valence-electron chi connectivity index (χ3n) is 3.71. The number of aromatic nitrogens is 1. The number of para-hydroxylation sites is 1. The van der Waals surface area contributed by atoms with E-state index < -0.39 is 6.10 Å². The van der Waals surface area contributed by atoms with E-state index in [-0.39, 0.29) is 12.5 Å². The van der Waals surface area contributed by atoms with E-state index in [1.54, 1.807) is 13.2 Å². The molecule has 0 spiro atoms. The zero-order chi connectivity index (χ0) is 15.4. The summed E-state index contributed by atoms with van der Waals surface area (Å²) in [7, 11) is 1.54. The highest BCUT2D eigenvalue weighted by atomic mass is 16.5. The number of rotatable bonds is 6. The minimum absolute atomic E-state index is 0.133. The maximum atomic E-state index is 12.3. The number of hydrogen-bond acceptors (Lipinski definition) is 3. The topological polar surface area (TPSA) is 74.3 Å². The molecule has 0 bridgehead atoms. The maximum Gasteiger partial charge on any atom is 0.253 e. The van der Waals surface area contributed by atoms with Gasteiger partial charge in [-0.3, -0.25) is 4.79 Å². The summed E-state index contributed by atoms with van der Waals surface area (Å²) >= 11 is 0. The second-order valence-electron chi connectivity index (χ2n) is 5.26. The van der Waals surface area contributed by atoms with Gasteiger partial charge in [0, 0.05) is 24.7 Å². The Morgan fingerprint density at radius 3 is 2.90 bits per heavy atom. The Hall–Kier alpha value is -1.85. The van der Waals surface area contributed by atoms with Gasteiger partial charge in [0.25, 0.3) is 5.91 Å². The fourth-order valence-corrected chi connectivity index (χ4v) is 2.40. The molecule has 1 aromatic heterocycles. The summed E-state index contributed by atoms with van der Waals surface area (Å²) in [5.74, 6) is -0.133. The number of carbonyl (C=O) groups excluding carboxylic acids is 1. The average Bonchev–Trinajstić information content (AvgIpc) is 2.74. The second kappa shape index (κ2) is 6.74. The van der Waals surface area contributed by atoms with Gasteiger partial charge in [-0.15, -0.1) is 0 Å². The van der Waals surface area contributed by atoms with Gasteiger partial charge in [-0.2, -0.15) is 0 Å². The smallest absolute Gasteiger partial charge is 0.253 e. The summed E-state index contributed by atoms with van der Waals surface area (Å²) < 4.78 is 4.85. The SMILES string of the molecule is COCC(O)CCNC(=O)c1cccc2c(C)c(C)[nH]c12. The van der Waals surface area contributed by atoms with E-state index >= 15 is 0 Å². The number of methoxy groups -OCH3 is 1. The number of nitrogens with one attached hydrogen (secondary N) is 2. The fraction of sp³-hybridized carbons (Fsp3) is 0.438. The molecule has 114 valence electrons. The number of amides is 1. The molecule has 1 heterocycles. The Morgan fingerprint density at radius 2 is 2.19 bits per heavy atom. The molecule has 0 saturated heterocycles. The van der Waals surface area contributed by atoms with Gasteiger partial charge in [0.15, 0.2) is 0 Å². The molecule has 0 radical (unpaired) electrons. The lowest BCUT2D eigenvalue weighted by Gasteiger charge is -2.10. The molecule has 2 rings (SSSR count). The van der Waals surface area contributed by atoms with Crippen molar-refractivity contribution < 1.29 is 14.6 Å². The molecule has 2 aromatic rings. The Balaban J connectivity index is 2.08. The van der Waals surface area contributed by atoms with Crippen LogP contribution in [0.1, 0.15) is 28.0 Å². The highest BCUT2D eigenvalue weighted by Gasteiger charge is 2.14. The van der Waals surface area contributed by atoms with Crippen molar-refractivity contribution in [1.29, 1.82) is 0 Å². The molecule has 21 heavy (non-hydrogen) atoms. The molecule has 5 heteroatoms. The summed E-state index contributed by atoms with van der Waals surface area (Å²) in [6.07, 6.45) is -0.0840. The number of aryl methyl sites for hydroxylation is 2. The van der Waals surface area contributed by atoms with Crippen LogP contribution in [0.15, 0.2) is 18.2 Å². The number of hydrogen-bond donors (Lipinski definition) is 3. The van der Waals surface area contributed by atoms with Crippen LogP contribution in [0, 0.1) is 13.8 Å². The van der Waals surface area contributed by atoms with Crippen LogP contribution in [0.2, 0.25) is 0 Å². The summed E-state index contributed by atoms with van der Waals surface area (Å²) in [5.41, 5.74) is 3.73. The van der Waals surface area contributed by atoms with Crippen LogP contribution in [-0.4, -0.2) is 42.4 Å². The first-order valence-electron chi connectivity index (χ1n) is 7.07. The van der Waals surface area contributed by atoms with Crippen LogP contribution < -0.4 is 5.32 Å². The third-order valence-corrected chi connectivity index (χ3v) is 3.71. The second-order valence-corrected chi connectivity index (χ2v) is 5.26. The van der Waals surface area contributed by atoms with Crippen molar-refractivity contribution in [2.75, 3.05) is 20.3 Å². The number of ether oxygens (including phenoxy) is 1. The maximum absolute atomic E-state index is 12.3. The minimum atomic E-state index is -0.555. The molecule has 3 N–H and O–H groups in total. The van der Waals surface area contributed by atoms with Gasteiger partial charge >= 0.3 is 0 Å². The van der Waals surface area contributed by atoms with Crippen molar-refractivity contribution >= 4 is 16.8 Å². The Bertz CT molecular complexity index is 634. The highest BCUT2D eigenvalue weighted by Crippen LogP contribution is 2.24. The van der Waals surface area contributed by atoms with Gasteiger partial charge < -0.3 is 20.1 Å². The van der Waals surface area contributed by atoms with E-state index in [9.17, 15) is 9.90 Å². The van der Waals surface area contributed by atoms with Gasteiger partial charge in [0.1, 0.15) is 0 Å². The lowest BCUT2D eigenvalue weighted by Crippen LogP contribution is -2.28. The standard InChI is InChI=1S/C16H22N2O3/c1-10-11(2)18-15-13(10)5-4-6-14(15)16(20)17-8-7-12(19)9-21-3/h4-6,12,18-19H,7-9H2,1-3H3,(H,17,20). The molecule has 1 unspecified atom stereocenters. The highest BCUT2D eigenvalue weighted by molar-refractivity contribution is 6.06. The predicted octanol–water partition coefficient (Wildman–Crippen LogP) is 1.91. The van der Waals surface area contributed by atoms with Crippen LogP contribution in [0.3, 0.4) is 0 Å². The molecule has 0 saturated carbocycles. The van der Waals surface area contributed by atoms with E-state index in [4.69, 9.17) is 4.74 Å². The summed E-state index contributed by atoms with van der Waals surface area (Å²) in [6, 6.07) is 5.70. The molecule has 0 aliphatic heterocycles. The van der Waals surface area contributed by atoms with E-state index in [1.165, 1.54) is 0 Å². The van der Waals surface area contributed by atoms with E-state index in [0.29, 0.717) is 18.5 Å². The Morgan fingerprint density at radius 1 is 1.43 bits per heavy atom. The molecule has 5 nitrogen and oxygen atoms in total. The first-order valence-corrected chi connectivity index (χ1v) is 7.07. The predicted molar refractivity (Wildman–Crippen MR) is 82.6 cm³/mol. The lowest BCUT2D eigenvalue weighted by atomic mass is 10.1. The Kier molecular flexibility index (Phi) is 4.98. The molecular formula is C16H22N2O3. The first-order chi connectivity index (χ1) is 10.0. The molecule has 1 aromatic carbocycles. The fourth-order valence-electron chi connectivity index (χ4n) is 2.40. The van der Waals surface area contributed by atoms with Gasteiger partial charge in [-0.25, -0.2) is 0 Å². The summed E-state index contributed by atoms with van der Waals surface area (Å²) in [6.45, 7) is 4.73. The summed E-state index contributed by atoms with van der Waals surface area (Å²) in [4.78, 5) is 15.5. The normalized spacial score (nSPS) is 12.6. The van der Waals surface area contributed by atoms with Crippen molar-refractivity contribution in [1.82, 2.24) is 10.3 Å². The largest absolute Gasteiger partial charge is 0.391 e. The molecule has 1 atom stereocenters. The number of carbonyl (C=O) groups is 1. The number of aliphatic hydroxyl groups excluding tert-OH is 1. The minimum Gasteiger partial charge on any atom is -0.391 e. The van der Waals surface area contributed by atoms with Crippen molar-refractivity contribution in [2.45, 2.75) is 26.4 Å². The van der Waals surface area contributed by atoms with Crippen LogP contribution in [0.5, 0.6) is 0 Å². The number of aromatic amines is 1. The zero-order valence-electron chi connectivity index (χ0n) is 12.7.